The van der Waals surface area contributed by atoms with E-state index in [0.717, 1.165) is 25.9 Å². The summed E-state index contributed by atoms with van der Waals surface area (Å²) in [7, 11) is 1.57. The van der Waals surface area contributed by atoms with Crippen molar-refractivity contribution < 1.29 is 4.74 Å². The lowest BCUT2D eigenvalue weighted by Crippen LogP contribution is -2.49. The van der Waals surface area contributed by atoms with Crippen molar-refractivity contribution in [2.24, 2.45) is 0 Å². The normalized spacial score (nSPS) is 16.5. The molecule has 3 heterocycles. The molecule has 0 spiro atoms. The summed E-state index contributed by atoms with van der Waals surface area (Å²) >= 11 is 0. The van der Waals surface area contributed by atoms with Gasteiger partial charge in [-0.25, -0.2) is 4.98 Å². The number of aromatic nitrogens is 3. The van der Waals surface area contributed by atoms with Crippen molar-refractivity contribution in [3.8, 4) is 5.88 Å². The molecule has 21 heavy (non-hydrogen) atoms. The zero-order valence-electron chi connectivity index (χ0n) is 12.7. The fourth-order valence-corrected chi connectivity index (χ4v) is 3.02. The van der Waals surface area contributed by atoms with Gasteiger partial charge >= 0.3 is 0 Å². The van der Waals surface area contributed by atoms with Crippen LogP contribution in [0.1, 0.15) is 26.7 Å². The van der Waals surface area contributed by atoms with Crippen LogP contribution in [0.3, 0.4) is 0 Å². The second-order valence-corrected chi connectivity index (χ2v) is 5.82. The summed E-state index contributed by atoms with van der Waals surface area (Å²) in [5, 5.41) is 0. The van der Waals surface area contributed by atoms with E-state index in [2.05, 4.69) is 28.7 Å². The third-order valence-corrected chi connectivity index (χ3v) is 4.21. The molecular weight excluding hydrogens is 268 g/mol. The summed E-state index contributed by atoms with van der Waals surface area (Å²) in [5.41, 5.74) is 0.690. The molecule has 112 valence electrons. The van der Waals surface area contributed by atoms with Gasteiger partial charge in [-0.3, -0.25) is 14.3 Å². The minimum atomic E-state index is -0.436. The van der Waals surface area contributed by atoms with E-state index in [0.29, 0.717) is 17.0 Å². The first kappa shape index (κ1) is 14.0. The minimum absolute atomic E-state index is 0.139. The van der Waals surface area contributed by atoms with Gasteiger partial charge < -0.3 is 4.74 Å². The van der Waals surface area contributed by atoms with E-state index in [4.69, 9.17) is 4.74 Å². The maximum Gasteiger partial charge on any atom is 0.272 e. The van der Waals surface area contributed by atoms with Crippen LogP contribution in [0.5, 0.6) is 5.88 Å². The van der Waals surface area contributed by atoms with Gasteiger partial charge in [-0.1, -0.05) is 0 Å². The van der Waals surface area contributed by atoms with Gasteiger partial charge in [0.1, 0.15) is 5.52 Å². The zero-order valence-corrected chi connectivity index (χ0v) is 12.7. The Morgan fingerprint density at radius 3 is 2.62 bits per heavy atom. The summed E-state index contributed by atoms with van der Waals surface area (Å²) < 4.78 is 6.91. The van der Waals surface area contributed by atoms with Gasteiger partial charge in [0.25, 0.3) is 5.56 Å². The number of pyridine rings is 1. The fourth-order valence-electron chi connectivity index (χ4n) is 3.02. The van der Waals surface area contributed by atoms with Crippen molar-refractivity contribution >= 4 is 11.2 Å². The molecule has 0 aromatic carbocycles. The molecule has 1 saturated heterocycles. The Morgan fingerprint density at radius 1 is 1.24 bits per heavy atom. The van der Waals surface area contributed by atoms with Crippen molar-refractivity contribution in [2.75, 3.05) is 20.2 Å². The van der Waals surface area contributed by atoms with Crippen LogP contribution < -0.4 is 10.3 Å². The highest BCUT2D eigenvalue weighted by atomic mass is 16.5. The maximum absolute atomic E-state index is 12.4. The van der Waals surface area contributed by atoms with E-state index >= 15 is 0 Å². The zero-order chi connectivity index (χ0) is 15.0. The Hall–Kier alpha value is -1.95. The number of rotatable bonds is 3. The highest BCUT2D eigenvalue weighted by molar-refractivity contribution is 5.70. The van der Waals surface area contributed by atoms with E-state index in [1.54, 1.807) is 17.7 Å². The van der Waals surface area contributed by atoms with Crippen LogP contribution in [-0.2, 0) is 5.66 Å². The maximum atomic E-state index is 12.4. The topological polar surface area (TPSA) is 60.2 Å². The van der Waals surface area contributed by atoms with E-state index < -0.39 is 5.66 Å². The molecule has 6 heteroatoms. The first-order valence-corrected chi connectivity index (χ1v) is 7.22. The van der Waals surface area contributed by atoms with Crippen LogP contribution in [-0.4, -0.2) is 39.6 Å². The van der Waals surface area contributed by atoms with E-state index in [1.807, 2.05) is 6.07 Å². The molecule has 6 nitrogen and oxygen atoms in total. The monoisotopic (exact) mass is 288 g/mol. The molecule has 1 fully saturated rings. The quantitative estimate of drug-likeness (QED) is 0.858. The van der Waals surface area contributed by atoms with Crippen molar-refractivity contribution in [3.63, 3.8) is 0 Å². The fraction of sp³-hybridized carbons (Fsp3) is 0.533. The van der Waals surface area contributed by atoms with Gasteiger partial charge in [0.15, 0.2) is 5.65 Å². The number of methoxy groups -OCH3 is 1. The van der Waals surface area contributed by atoms with Crippen molar-refractivity contribution in [2.45, 2.75) is 32.4 Å². The molecule has 0 aliphatic carbocycles. The Bertz CT molecular complexity index is 717. The van der Waals surface area contributed by atoms with Gasteiger partial charge in [-0.2, -0.15) is 4.98 Å². The van der Waals surface area contributed by atoms with Crippen molar-refractivity contribution in [1.29, 1.82) is 0 Å². The van der Waals surface area contributed by atoms with Crippen molar-refractivity contribution in [3.05, 3.63) is 28.7 Å². The average Bonchev–Trinajstić information content (AvgIpc) is 3.01. The first-order valence-electron chi connectivity index (χ1n) is 7.22. The number of ether oxygens (including phenoxy) is 1. The second-order valence-electron chi connectivity index (χ2n) is 5.82. The molecule has 0 atom stereocenters. The highest BCUT2D eigenvalue weighted by Gasteiger charge is 2.33. The smallest absolute Gasteiger partial charge is 0.272 e. The number of hydrogen-bond acceptors (Lipinski definition) is 5. The molecule has 2 aromatic heterocycles. The van der Waals surface area contributed by atoms with Gasteiger partial charge in [0.2, 0.25) is 5.88 Å². The number of hydrogen-bond donors (Lipinski definition) is 0. The predicted molar refractivity (Wildman–Crippen MR) is 80.5 cm³/mol. The van der Waals surface area contributed by atoms with Crippen LogP contribution in [0, 0.1) is 0 Å². The summed E-state index contributed by atoms with van der Waals surface area (Å²) in [6.45, 7) is 6.10. The lowest BCUT2D eigenvalue weighted by atomic mass is 10.2. The van der Waals surface area contributed by atoms with Gasteiger partial charge in [-0.05, 0) is 32.8 Å². The summed E-state index contributed by atoms with van der Waals surface area (Å²) in [5.74, 6) is 0.487. The average molecular weight is 288 g/mol. The molecule has 0 bridgehead atoms. The first-order chi connectivity index (χ1) is 10.0. The van der Waals surface area contributed by atoms with Gasteiger partial charge in [-0.15, -0.1) is 0 Å². The lowest BCUT2D eigenvalue weighted by Gasteiger charge is -2.37. The predicted octanol–water partition coefficient (Wildman–Crippen LogP) is 1.59. The summed E-state index contributed by atoms with van der Waals surface area (Å²) in [6.07, 6.45) is 3.70. The SMILES string of the molecule is COc1ccc2ncc(=O)n(C(C)(C)N3CCCC3)c2n1. The van der Waals surface area contributed by atoms with E-state index in [9.17, 15) is 4.79 Å². The molecule has 2 aromatic rings. The van der Waals surface area contributed by atoms with Crippen LogP contribution in [0.4, 0.5) is 0 Å². The molecule has 0 N–H and O–H groups in total. The molecular formula is C15H20N4O2. The van der Waals surface area contributed by atoms with Crippen LogP contribution in [0.15, 0.2) is 23.1 Å². The van der Waals surface area contributed by atoms with Gasteiger partial charge in [0.05, 0.1) is 19.0 Å². The van der Waals surface area contributed by atoms with Gasteiger partial charge in [0, 0.05) is 19.2 Å². The third-order valence-electron chi connectivity index (χ3n) is 4.21. The molecule has 1 aliphatic heterocycles. The molecule has 1 aliphatic rings. The van der Waals surface area contributed by atoms with Crippen LogP contribution in [0.2, 0.25) is 0 Å². The Balaban J connectivity index is 2.24. The van der Waals surface area contributed by atoms with E-state index in [1.165, 1.54) is 6.20 Å². The largest absolute Gasteiger partial charge is 0.481 e. The Labute approximate surface area is 123 Å². The van der Waals surface area contributed by atoms with Crippen LogP contribution in [0.25, 0.3) is 11.2 Å². The lowest BCUT2D eigenvalue weighted by molar-refractivity contribution is 0.0786. The van der Waals surface area contributed by atoms with Crippen molar-refractivity contribution in [1.82, 2.24) is 19.4 Å². The Kier molecular flexibility index (Phi) is 3.41. The molecule has 3 rings (SSSR count). The highest BCUT2D eigenvalue weighted by Crippen LogP contribution is 2.27. The molecule has 0 amide bonds. The number of fused-ring (bicyclic) bond motifs is 1. The summed E-state index contributed by atoms with van der Waals surface area (Å²) in [6, 6.07) is 3.59. The second kappa shape index (κ2) is 5.11. The Morgan fingerprint density at radius 2 is 1.95 bits per heavy atom. The standard InChI is InChI=1S/C15H20N4O2/c1-15(2,18-8-4-5-9-18)19-13(20)10-16-11-6-7-12(21-3)17-14(11)19/h6-7,10H,4-5,8-9H2,1-3H3. The number of likely N-dealkylation sites (tertiary alicyclic amines) is 1. The third kappa shape index (κ3) is 2.29. The molecule has 0 saturated carbocycles. The number of nitrogens with zero attached hydrogens (tertiary/aromatic N) is 4. The molecule has 0 unspecified atom stereocenters. The van der Waals surface area contributed by atoms with E-state index in [-0.39, 0.29) is 5.56 Å². The van der Waals surface area contributed by atoms with Crippen LogP contribution >= 0.6 is 0 Å². The molecule has 0 radical (unpaired) electrons. The summed E-state index contributed by atoms with van der Waals surface area (Å²) in [4.78, 5) is 23.4. The minimum Gasteiger partial charge on any atom is -0.481 e.